The van der Waals surface area contributed by atoms with Gasteiger partial charge >= 0.3 is 0 Å². The Morgan fingerprint density at radius 3 is 2.53 bits per heavy atom. The summed E-state index contributed by atoms with van der Waals surface area (Å²) in [7, 11) is 1.85. The van der Waals surface area contributed by atoms with Crippen molar-refractivity contribution in [2.75, 3.05) is 18.5 Å². The molecule has 4 heteroatoms. The molecule has 0 fully saturated rings. The third-order valence-corrected chi connectivity index (χ3v) is 2.30. The van der Waals surface area contributed by atoms with Gasteiger partial charge in [0.05, 0.1) is 0 Å². The van der Waals surface area contributed by atoms with Gasteiger partial charge < -0.3 is 4.90 Å². The van der Waals surface area contributed by atoms with Gasteiger partial charge in [-0.2, -0.15) is 0 Å². The Kier molecular flexibility index (Phi) is 3.71. The van der Waals surface area contributed by atoms with Crippen molar-refractivity contribution in [2.24, 2.45) is 5.41 Å². The van der Waals surface area contributed by atoms with E-state index in [1.165, 1.54) is 6.07 Å². The van der Waals surface area contributed by atoms with Crippen LogP contribution < -0.4 is 4.90 Å². The second kappa shape index (κ2) is 4.47. The molecule has 1 aromatic heterocycles. The van der Waals surface area contributed by atoms with Crippen LogP contribution in [0.3, 0.4) is 0 Å². The van der Waals surface area contributed by atoms with E-state index in [4.69, 9.17) is 0 Å². The van der Waals surface area contributed by atoms with Crippen molar-refractivity contribution >= 4 is 21.7 Å². The van der Waals surface area contributed by atoms with E-state index in [1.54, 1.807) is 6.20 Å². The Morgan fingerprint density at radius 1 is 1.47 bits per heavy atom. The summed E-state index contributed by atoms with van der Waals surface area (Å²) in [5, 5.41) is 0. The zero-order chi connectivity index (χ0) is 11.6. The Morgan fingerprint density at radius 2 is 2.07 bits per heavy atom. The van der Waals surface area contributed by atoms with Crippen LogP contribution in [0, 0.1) is 11.2 Å². The van der Waals surface area contributed by atoms with Crippen molar-refractivity contribution in [3.63, 3.8) is 0 Å². The molecule has 1 heterocycles. The SMILES string of the molecule is CN(CC(C)(C)C)c1ncc(Br)cc1F. The highest BCUT2D eigenvalue weighted by Gasteiger charge is 2.17. The Balaban J connectivity index is 2.87. The molecule has 0 aliphatic rings. The van der Waals surface area contributed by atoms with E-state index >= 15 is 0 Å². The second-order valence-corrected chi connectivity index (χ2v) is 5.79. The summed E-state index contributed by atoms with van der Waals surface area (Å²) in [6.45, 7) is 7.10. The van der Waals surface area contributed by atoms with Crippen LogP contribution in [-0.4, -0.2) is 18.6 Å². The summed E-state index contributed by atoms with van der Waals surface area (Å²) in [5.74, 6) is 0.101. The van der Waals surface area contributed by atoms with Crippen molar-refractivity contribution in [2.45, 2.75) is 20.8 Å². The highest BCUT2D eigenvalue weighted by Crippen LogP contribution is 2.22. The third kappa shape index (κ3) is 3.78. The van der Waals surface area contributed by atoms with Gasteiger partial charge in [0.2, 0.25) is 0 Å². The summed E-state index contributed by atoms with van der Waals surface area (Å²) < 4.78 is 14.2. The van der Waals surface area contributed by atoms with Crippen molar-refractivity contribution in [3.05, 3.63) is 22.6 Å². The molecule has 2 nitrogen and oxygen atoms in total. The van der Waals surface area contributed by atoms with Gasteiger partial charge in [-0.25, -0.2) is 9.37 Å². The maximum atomic E-state index is 13.5. The maximum Gasteiger partial charge on any atom is 0.166 e. The molecule has 0 aliphatic carbocycles. The van der Waals surface area contributed by atoms with Crippen LogP contribution in [0.4, 0.5) is 10.2 Å². The first-order valence-electron chi connectivity index (χ1n) is 4.82. The fourth-order valence-corrected chi connectivity index (χ4v) is 1.78. The molecule has 0 amide bonds. The first-order valence-corrected chi connectivity index (χ1v) is 5.61. The maximum absolute atomic E-state index is 13.5. The van der Waals surface area contributed by atoms with Crippen LogP contribution in [0.25, 0.3) is 0 Å². The van der Waals surface area contributed by atoms with E-state index in [-0.39, 0.29) is 11.2 Å². The number of pyridine rings is 1. The minimum atomic E-state index is -0.295. The fraction of sp³-hybridized carbons (Fsp3) is 0.545. The smallest absolute Gasteiger partial charge is 0.166 e. The predicted octanol–water partition coefficient (Wildman–Crippen LogP) is 3.47. The number of nitrogens with zero attached hydrogens (tertiary/aromatic N) is 2. The van der Waals surface area contributed by atoms with Crippen LogP contribution in [0.5, 0.6) is 0 Å². The van der Waals surface area contributed by atoms with Gasteiger partial charge in [-0.3, -0.25) is 0 Å². The van der Waals surface area contributed by atoms with Gasteiger partial charge in [-0.05, 0) is 27.4 Å². The Labute approximate surface area is 98.6 Å². The zero-order valence-corrected chi connectivity index (χ0v) is 11.1. The van der Waals surface area contributed by atoms with Crippen LogP contribution in [0.15, 0.2) is 16.7 Å². The van der Waals surface area contributed by atoms with E-state index < -0.39 is 0 Å². The first kappa shape index (κ1) is 12.4. The van der Waals surface area contributed by atoms with E-state index in [9.17, 15) is 4.39 Å². The molecule has 0 aliphatic heterocycles. The average Bonchev–Trinajstić information content (AvgIpc) is 1.99. The van der Waals surface area contributed by atoms with Crippen molar-refractivity contribution in [3.8, 4) is 0 Å². The summed E-state index contributed by atoms with van der Waals surface area (Å²) in [6.07, 6.45) is 1.61. The normalized spacial score (nSPS) is 11.6. The molecule has 0 bridgehead atoms. The molecule has 84 valence electrons. The average molecular weight is 275 g/mol. The number of anilines is 1. The lowest BCUT2D eigenvalue weighted by molar-refractivity contribution is 0.415. The number of aromatic nitrogens is 1. The number of halogens is 2. The molecular formula is C11H16BrFN2. The summed E-state index contributed by atoms with van der Waals surface area (Å²) >= 11 is 3.19. The van der Waals surface area contributed by atoms with Gasteiger partial charge in [0.1, 0.15) is 0 Å². The van der Waals surface area contributed by atoms with Crippen molar-refractivity contribution in [1.82, 2.24) is 4.98 Å². The van der Waals surface area contributed by atoms with E-state index in [0.29, 0.717) is 10.3 Å². The fourth-order valence-electron chi connectivity index (χ4n) is 1.47. The van der Waals surface area contributed by atoms with Gasteiger partial charge in [-0.15, -0.1) is 0 Å². The van der Waals surface area contributed by atoms with E-state index in [2.05, 4.69) is 41.7 Å². The summed E-state index contributed by atoms with van der Waals surface area (Å²) in [6, 6.07) is 1.43. The third-order valence-electron chi connectivity index (χ3n) is 1.86. The molecule has 1 rings (SSSR count). The van der Waals surface area contributed by atoms with E-state index in [1.807, 2.05) is 11.9 Å². The quantitative estimate of drug-likeness (QED) is 0.821. The Bertz CT molecular complexity index is 347. The topological polar surface area (TPSA) is 16.1 Å². The molecule has 15 heavy (non-hydrogen) atoms. The van der Waals surface area contributed by atoms with Crippen molar-refractivity contribution < 1.29 is 4.39 Å². The standard InChI is InChI=1S/C11H16BrFN2/c1-11(2,3)7-15(4)10-9(13)5-8(12)6-14-10/h5-6H,7H2,1-4H3. The largest absolute Gasteiger partial charge is 0.357 e. The molecule has 0 unspecified atom stereocenters. The van der Waals surface area contributed by atoms with Crippen molar-refractivity contribution in [1.29, 1.82) is 0 Å². The lowest BCUT2D eigenvalue weighted by atomic mass is 9.96. The molecule has 0 atom stereocenters. The molecule has 0 saturated heterocycles. The van der Waals surface area contributed by atoms with Gasteiger partial charge in [0.25, 0.3) is 0 Å². The van der Waals surface area contributed by atoms with Gasteiger partial charge in [0.15, 0.2) is 11.6 Å². The molecule has 0 radical (unpaired) electrons. The zero-order valence-electron chi connectivity index (χ0n) is 9.51. The van der Waals surface area contributed by atoms with E-state index in [0.717, 1.165) is 6.54 Å². The molecule has 0 spiro atoms. The number of hydrogen-bond donors (Lipinski definition) is 0. The lowest BCUT2D eigenvalue weighted by Crippen LogP contribution is -2.30. The molecule has 0 N–H and O–H groups in total. The molecule has 0 aromatic carbocycles. The minimum Gasteiger partial charge on any atom is -0.357 e. The summed E-state index contributed by atoms with van der Waals surface area (Å²) in [5.41, 5.74) is 0.121. The molecule has 0 saturated carbocycles. The highest BCUT2D eigenvalue weighted by molar-refractivity contribution is 9.10. The summed E-state index contributed by atoms with van der Waals surface area (Å²) in [4.78, 5) is 5.90. The minimum absolute atomic E-state index is 0.121. The van der Waals surface area contributed by atoms with Crippen LogP contribution in [0.2, 0.25) is 0 Å². The second-order valence-electron chi connectivity index (χ2n) is 4.88. The monoisotopic (exact) mass is 274 g/mol. The number of rotatable bonds is 2. The lowest BCUT2D eigenvalue weighted by Gasteiger charge is -2.27. The predicted molar refractivity (Wildman–Crippen MR) is 64.6 cm³/mol. The van der Waals surface area contributed by atoms with Crippen LogP contribution in [-0.2, 0) is 0 Å². The Hall–Kier alpha value is -0.640. The van der Waals surface area contributed by atoms with Crippen LogP contribution >= 0.6 is 15.9 Å². The molecule has 1 aromatic rings. The number of hydrogen-bond acceptors (Lipinski definition) is 2. The first-order chi connectivity index (χ1) is 6.79. The highest BCUT2D eigenvalue weighted by atomic mass is 79.9. The van der Waals surface area contributed by atoms with Gasteiger partial charge in [-0.1, -0.05) is 20.8 Å². The van der Waals surface area contributed by atoms with Crippen LogP contribution in [0.1, 0.15) is 20.8 Å². The molecular weight excluding hydrogens is 259 g/mol. The van der Waals surface area contributed by atoms with Gasteiger partial charge in [0, 0.05) is 24.3 Å².